The summed E-state index contributed by atoms with van der Waals surface area (Å²) in [6.45, 7) is 8.58. The molecule has 0 radical (unpaired) electrons. The predicted octanol–water partition coefficient (Wildman–Crippen LogP) is 5.95. The topological polar surface area (TPSA) is 175 Å². The van der Waals surface area contributed by atoms with Crippen LogP contribution in [-0.4, -0.2) is 93.1 Å². The maximum Gasteiger partial charge on any atom is 0.407 e. The normalized spacial score (nSPS) is 19.0. The van der Waals surface area contributed by atoms with Crippen molar-refractivity contribution in [1.82, 2.24) is 40.4 Å². The largest absolute Gasteiger partial charge is 0.453 e. The number of carbonyl (C=O) groups excluding carboxylic acids is 4. The number of hydrogen-bond acceptors (Lipinski definition) is 8. The van der Waals surface area contributed by atoms with Gasteiger partial charge in [0.1, 0.15) is 29.2 Å². The van der Waals surface area contributed by atoms with Gasteiger partial charge in [-0.3, -0.25) is 9.59 Å². The van der Waals surface area contributed by atoms with Crippen LogP contribution in [0.15, 0.2) is 30.3 Å². The number of fused-ring (bicyclic) bond motifs is 4. The number of aryl methyl sites for hydroxylation is 2. The molecule has 4 atom stereocenters. The fourth-order valence-corrected chi connectivity index (χ4v) is 8.27. The van der Waals surface area contributed by atoms with E-state index in [0.29, 0.717) is 36.4 Å². The van der Waals surface area contributed by atoms with Gasteiger partial charge in [-0.25, -0.2) is 23.9 Å². The third-order valence-corrected chi connectivity index (χ3v) is 11.2. The Balaban J connectivity index is 1.12. The number of aromatic nitrogens is 4. The number of benzene rings is 2. The van der Waals surface area contributed by atoms with E-state index in [1.807, 2.05) is 50.8 Å². The molecular weight excluding hydrogens is 707 g/mol. The fraction of sp³-hybridized carbons (Fsp3) is 0.500. The number of rotatable bonds is 9. The highest BCUT2D eigenvalue weighted by atomic mass is 19.1. The highest BCUT2D eigenvalue weighted by Gasteiger charge is 2.39. The Morgan fingerprint density at radius 3 is 1.93 bits per heavy atom. The summed E-state index contributed by atoms with van der Waals surface area (Å²) in [5.41, 5.74) is 6.24. The van der Waals surface area contributed by atoms with E-state index in [1.165, 1.54) is 20.3 Å². The van der Waals surface area contributed by atoms with Gasteiger partial charge in [0.05, 0.1) is 37.5 Å². The first-order valence-corrected chi connectivity index (χ1v) is 19.1. The zero-order valence-electron chi connectivity index (χ0n) is 32.1. The molecule has 15 heteroatoms. The molecule has 292 valence electrons. The van der Waals surface area contributed by atoms with Gasteiger partial charge in [0.2, 0.25) is 11.8 Å². The Bertz CT molecular complexity index is 2130. The molecule has 7 rings (SSSR count). The zero-order chi connectivity index (χ0) is 39.1. The second kappa shape index (κ2) is 15.3. The highest BCUT2D eigenvalue weighted by molar-refractivity contribution is 5.88. The van der Waals surface area contributed by atoms with Gasteiger partial charge in [-0.2, -0.15) is 0 Å². The second-order valence-electron chi connectivity index (χ2n) is 15.4. The number of alkyl carbamates (subject to hydrolysis) is 2. The van der Waals surface area contributed by atoms with Crippen molar-refractivity contribution in [2.24, 2.45) is 11.8 Å². The Kier molecular flexibility index (Phi) is 10.6. The molecule has 0 saturated carbocycles. The lowest BCUT2D eigenvalue weighted by Crippen LogP contribution is -2.51. The summed E-state index contributed by atoms with van der Waals surface area (Å²) in [5.74, 6) is 0.0932. The smallest absolute Gasteiger partial charge is 0.407 e. The van der Waals surface area contributed by atoms with Crippen molar-refractivity contribution in [2.75, 3.05) is 27.3 Å². The van der Waals surface area contributed by atoms with Gasteiger partial charge in [-0.05, 0) is 79.2 Å². The van der Waals surface area contributed by atoms with Crippen molar-refractivity contribution in [3.63, 3.8) is 0 Å². The minimum absolute atomic E-state index is 0.127. The molecule has 0 unspecified atom stereocenters. The summed E-state index contributed by atoms with van der Waals surface area (Å²) in [4.78, 5) is 71.4. The molecule has 4 amide bonds. The van der Waals surface area contributed by atoms with Crippen LogP contribution in [-0.2, 0) is 31.9 Å². The van der Waals surface area contributed by atoms with E-state index < -0.39 is 30.1 Å². The van der Waals surface area contributed by atoms with Crippen molar-refractivity contribution in [2.45, 2.75) is 90.4 Å². The quantitative estimate of drug-likeness (QED) is 0.162. The van der Waals surface area contributed by atoms with Crippen LogP contribution in [0, 0.1) is 17.7 Å². The molecule has 4 heterocycles. The van der Waals surface area contributed by atoms with E-state index in [2.05, 4.69) is 31.7 Å². The van der Waals surface area contributed by atoms with Gasteiger partial charge in [-0.1, -0.05) is 45.9 Å². The molecule has 2 aliphatic heterocycles. The van der Waals surface area contributed by atoms with Gasteiger partial charge in [0.15, 0.2) is 5.82 Å². The molecule has 3 aliphatic rings. The number of amides is 4. The predicted molar refractivity (Wildman–Crippen MR) is 202 cm³/mol. The first-order valence-electron chi connectivity index (χ1n) is 19.1. The van der Waals surface area contributed by atoms with E-state index in [0.717, 1.165) is 66.0 Å². The third kappa shape index (κ3) is 7.23. The van der Waals surface area contributed by atoms with Crippen molar-refractivity contribution < 1.29 is 33.0 Å². The number of nitrogens with one attached hydrogen (secondary N) is 4. The lowest BCUT2D eigenvalue weighted by Gasteiger charge is -2.30. The van der Waals surface area contributed by atoms with E-state index in [9.17, 15) is 19.2 Å². The van der Waals surface area contributed by atoms with Gasteiger partial charge < -0.3 is 39.9 Å². The summed E-state index contributed by atoms with van der Waals surface area (Å²) in [5, 5.41) is 5.36. The molecule has 14 nitrogen and oxygen atoms in total. The number of methoxy groups -OCH3 is 2. The lowest BCUT2D eigenvalue weighted by molar-refractivity contribution is -0.136. The van der Waals surface area contributed by atoms with Crippen molar-refractivity contribution in [3.05, 3.63) is 59.1 Å². The maximum absolute atomic E-state index is 15.8. The molecule has 2 fully saturated rings. The van der Waals surface area contributed by atoms with Crippen LogP contribution in [0.3, 0.4) is 0 Å². The van der Waals surface area contributed by atoms with Crippen LogP contribution in [0.2, 0.25) is 0 Å². The molecule has 2 saturated heterocycles. The number of H-pyrrole nitrogens is 2. The van der Waals surface area contributed by atoms with Gasteiger partial charge in [0.25, 0.3) is 0 Å². The van der Waals surface area contributed by atoms with Crippen LogP contribution in [0.4, 0.5) is 14.0 Å². The SMILES string of the molecule is COC(=O)N[C@H](C(=O)N1CCC[C@H]1c1nc2c([nH]1)CCc1cc(-c3cc(F)c4nc([C@@H]5CCCN5C(=O)[C@@H](NC(=O)OC)C(C)C)[nH]c4c3)ccc1-2)C(C)C. The summed E-state index contributed by atoms with van der Waals surface area (Å²) >= 11 is 0. The number of nitrogens with zero attached hydrogens (tertiary/aromatic N) is 4. The third-order valence-electron chi connectivity index (χ3n) is 11.2. The number of aromatic amines is 2. The number of halogens is 1. The lowest BCUT2D eigenvalue weighted by atomic mass is 9.89. The molecule has 2 aromatic heterocycles. The van der Waals surface area contributed by atoms with E-state index in [-0.39, 0.29) is 41.3 Å². The minimum Gasteiger partial charge on any atom is -0.453 e. The fourth-order valence-electron chi connectivity index (χ4n) is 8.27. The Hall–Kier alpha value is -5.47. The number of imidazole rings is 2. The second-order valence-corrected chi connectivity index (χ2v) is 15.4. The van der Waals surface area contributed by atoms with Crippen molar-refractivity contribution in [1.29, 1.82) is 0 Å². The number of hydrogen-bond donors (Lipinski definition) is 4. The molecule has 0 bridgehead atoms. The summed E-state index contributed by atoms with van der Waals surface area (Å²) in [6, 6.07) is 7.35. The van der Waals surface area contributed by atoms with Gasteiger partial charge >= 0.3 is 12.2 Å². The first-order chi connectivity index (χ1) is 26.4. The summed E-state index contributed by atoms with van der Waals surface area (Å²) in [6.07, 6.45) is 3.18. The Morgan fingerprint density at radius 1 is 0.782 bits per heavy atom. The standard InChI is InChI=1S/C40H49FN8O6/c1-20(2)31(46-39(52)54-5)37(50)48-15-7-9-29(48)35-42-27-14-12-23-17-22(11-13-25(23)33(27)44-35)24-18-26(41)34-28(19-24)43-36(45-34)30-10-8-16-49(30)38(51)32(21(3)4)47-40(53)55-6/h11,13,17-21,29-32H,7-10,12,14-16H2,1-6H3,(H,42,44)(H,43,45)(H,46,52)(H,47,53)/t29-,30-,31-,32-/m0/s1. The first kappa shape index (κ1) is 37.8. The zero-order valence-corrected chi connectivity index (χ0v) is 32.1. The van der Waals surface area contributed by atoms with Gasteiger partial charge in [0, 0.05) is 24.3 Å². The van der Waals surface area contributed by atoms with Crippen LogP contribution < -0.4 is 10.6 Å². The maximum atomic E-state index is 15.8. The minimum atomic E-state index is -0.769. The average molecular weight is 757 g/mol. The molecule has 4 N–H and O–H groups in total. The molecular formula is C40H49FN8O6. The number of ether oxygens (including phenoxy) is 2. The van der Waals surface area contributed by atoms with E-state index in [1.54, 1.807) is 4.90 Å². The Labute approximate surface area is 318 Å². The summed E-state index contributed by atoms with van der Waals surface area (Å²) < 4.78 is 25.3. The molecule has 0 spiro atoms. The van der Waals surface area contributed by atoms with Crippen LogP contribution >= 0.6 is 0 Å². The van der Waals surface area contributed by atoms with Crippen molar-refractivity contribution >= 4 is 35.0 Å². The molecule has 4 aromatic rings. The van der Waals surface area contributed by atoms with Crippen molar-refractivity contribution in [3.8, 4) is 22.4 Å². The van der Waals surface area contributed by atoms with Crippen LogP contribution in [0.5, 0.6) is 0 Å². The Morgan fingerprint density at radius 2 is 1.36 bits per heavy atom. The average Bonchev–Trinajstić information content (AvgIpc) is 4.00. The summed E-state index contributed by atoms with van der Waals surface area (Å²) in [7, 11) is 2.54. The van der Waals surface area contributed by atoms with E-state index >= 15 is 4.39 Å². The monoisotopic (exact) mass is 756 g/mol. The molecule has 1 aliphatic carbocycles. The number of likely N-dealkylation sites (tertiary alicyclic amines) is 2. The number of carbonyl (C=O) groups is 4. The molecule has 55 heavy (non-hydrogen) atoms. The molecule has 2 aromatic carbocycles. The van der Waals surface area contributed by atoms with Crippen LogP contribution in [0.25, 0.3) is 33.4 Å². The highest BCUT2D eigenvalue weighted by Crippen LogP contribution is 2.40. The van der Waals surface area contributed by atoms with Crippen LogP contribution in [0.1, 0.15) is 88.4 Å². The van der Waals surface area contributed by atoms with E-state index in [4.69, 9.17) is 14.5 Å². The van der Waals surface area contributed by atoms with Gasteiger partial charge in [-0.15, -0.1) is 0 Å².